The zero-order valence-electron chi connectivity index (χ0n) is 7.58. The minimum Gasteiger partial charge on any atom is -0.440 e. The Bertz CT molecular complexity index is 424. The van der Waals surface area contributed by atoms with Crippen LogP contribution in [0.5, 0.6) is 0 Å². The van der Waals surface area contributed by atoms with Gasteiger partial charge in [0.15, 0.2) is 0 Å². The summed E-state index contributed by atoms with van der Waals surface area (Å²) in [5.41, 5.74) is 0.933. The van der Waals surface area contributed by atoms with Gasteiger partial charge in [0, 0.05) is 10.9 Å². The van der Waals surface area contributed by atoms with Gasteiger partial charge >= 0.3 is 0 Å². The van der Waals surface area contributed by atoms with Crippen LogP contribution < -0.4 is 5.32 Å². The van der Waals surface area contributed by atoms with Gasteiger partial charge in [-0.15, -0.1) is 11.3 Å². The van der Waals surface area contributed by atoms with Gasteiger partial charge in [-0.1, -0.05) is 11.6 Å². The van der Waals surface area contributed by atoms with Gasteiger partial charge in [-0.3, -0.25) is 0 Å². The minimum atomic E-state index is 0.624. The van der Waals surface area contributed by atoms with E-state index in [1.54, 1.807) is 6.20 Å². The lowest BCUT2D eigenvalue weighted by Gasteiger charge is -1.91. The zero-order chi connectivity index (χ0) is 9.97. The lowest BCUT2D eigenvalue weighted by molar-refractivity contribution is 0.503. The molecular weight excluding hydrogens is 220 g/mol. The fourth-order valence-corrected chi connectivity index (χ4v) is 1.97. The van der Waals surface area contributed by atoms with Gasteiger partial charge in [0.2, 0.25) is 5.89 Å². The Balaban J connectivity index is 2.24. The normalized spacial score (nSPS) is 10.7. The summed E-state index contributed by atoms with van der Waals surface area (Å²) < 4.78 is 6.24. The van der Waals surface area contributed by atoms with E-state index in [1.165, 1.54) is 11.3 Å². The average molecular weight is 229 g/mol. The van der Waals surface area contributed by atoms with Gasteiger partial charge in [-0.25, -0.2) is 4.98 Å². The fourth-order valence-electron chi connectivity index (χ4n) is 1.12. The molecule has 0 aliphatic carbocycles. The van der Waals surface area contributed by atoms with Crippen molar-refractivity contribution in [3.05, 3.63) is 27.7 Å². The molecule has 0 saturated heterocycles. The quantitative estimate of drug-likeness (QED) is 0.878. The van der Waals surface area contributed by atoms with Crippen molar-refractivity contribution >= 4 is 22.9 Å². The van der Waals surface area contributed by atoms with Gasteiger partial charge in [-0.2, -0.15) is 0 Å². The van der Waals surface area contributed by atoms with Gasteiger partial charge in [0.25, 0.3) is 0 Å². The third kappa shape index (κ3) is 1.97. The first-order valence-electron chi connectivity index (χ1n) is 4.13. The lowest BCUT2D eigenvalue weighted by Crippen LogP contribution is -2.03. The summed E-state index contributed by atoms with van der Waals surface area (Å²) in [5.74, 6) is 1.45. The second-order valence-electron chi connectivity index (χ2n) is 2.80. The van der Waals surface area contributed by atoms with Crippen LogP contribution in [0, 0.1) is 0 Å². The summed E-state index contributed by atoms with van der Waals surface area (Å²) in [6.07, 6.45) is 1.72. The molecule has 2 aromatic heterocycles. The molecule has 2 aromatic rings. The molecule has 0 radical (unpaired) electrons. The monoisotopic (exact) mass is 228 g/mol. The second kappa shape index (κ2) is 4.13. The van der Waals surface area contributed by atoms with Crippen molar-refractivity contribution in [2.75, 3.05) is 7.05 Å². The molecule has 0 aliphatic heterocycles. The zero-order valence-corrected chi connectivity index (χ0v) is 9.15. The van der Waals surface area contributed by atoms with Crippen molar-refractivity contribution < 1.29 is 4.42 Å². The van der Waals surface area contributed by atoms with Crippen molar-refractivity contribution in [2.24, 2.45) is 0 Å². The third-order valence-electron chi connectivity index (χ3n) is 1.72. The van der Waals surface area contributed by atoms with Crippen molar-refractivity contribution in [2.45, 2.75) is 6.54 Å². The van der Waals surface area contributed by atoms with Crippen LogP contribution in [0.15, 0.2) is 22.1 Å². The number of aromatic nitrogens is 1. The first kappa shape index (κ1) is 9.71. The highest BCUT2D eigenvalue weighted by Gasteiger charge is 2.07. The molecular formula is C9H9ClN2OS. The third-order valence-corrected chi connectivity index (χ3v) is 2.81. The summed E-state index contributed by atoms with van der Waals surface area (Å²) >= 11 is 7.29. The SMILES string of the molecule is CNCc1cnc(-c2csc(Cl)c2)o1. The predicted octanol–water partition coefficient (Wildman–Crippen LogP) is 2.78. The van der Waals surface area contributed by atoms with Crippen LogP contribution in [-0.2, 0) is 6.54 Å². The molecule has 0 aliphatic rings. The smallest absolute Gasteiger partial charge is 0.227 e. The number of halogens is 1. The lowest BCUT2D eigenvalue weighted by atomic mass is 10.3. The molecule has 3 nitrogen and oxygen atoms in total. The Morgan fingerprint density at radius 3 is 3.14 bits per heavy atom. The molecule has 0 spiro atoms. The van der Waals surface area contributed by atoms with E-state index < -0.39 is 0 Å². The van der Waals surface area contributed by atoms with Crippen LogP contribution in [0.2, 0.25) is 4.34 Å². The van der Waals surface area contributed by atoms with E-state index in [2.05, 4.69) is 10.3 Å². The summed E-state index contributed by atoms with van der Waals surface area (Å²) in [7, 11) is 1.86. The number of nitrogens with one attached hydrogen (secondary N) is 1. The van der Waals surface area contributed by atoms with Gasteiger partial charge in [0.05, 0.1) is 17.1 Å². The van der Waals surface area contributed by atoms with Crippen molar-refractivity contribution in [3.8, 4) is 11.5 Å². The van der Waals surface area contributed by atoms with E-state index in [4.69, 9.17) is 16.0 Å². The van der Waals surface area contributed by atoms with Crippen LogP contribution in [0.3, 0.4) is 0 Å². The van der Waals surface area contributed by atoms with Crippen LogP contribution >= 0.6 is 22.9 Å². The van der Waals surface area contributed by atoms with E-state index in [-0.39, 0.29) is 0 Å². The molecule has 1 N–H and O–H groups in total. The van der Waals surface area contributed by atoms with E-state index in [1.807, 2.05) is 18.5 Å². The van der Waals surface area contributed by atoms with Crippen molar-refractivity contribution in [3.63, 3.8) is 0 Å². The van der Waals surface area contributed by atoms with Crippen LogP contribution in [-0.4, -0.2) is 12.0 Å². The summed E-state index contributed by atoms with van der Waals surface area (Å²) in [6, 6.07) is 1.85. The minimum absolute atomic E-state index is 0.624. The van der Waals surface area contributed by atoms with E-state index in [9.17, 15) is 0 Å². The van der Waals surface area contributed by atoms with E-state index in [0.717, 1.165) is 15.7 Å². The molecule has 14 heavy (non-hydrogen) atoms. The molecule has 74 valence electrons. The number of hydrogen-bond donors (Lipinski definition) is 1. The van der Waals surface area contributed by atoms with Gasteiger partial charge in [0.1, 0.15) is 5.76 Å². The first-order valence-corrected chi connectivity index (χ1v) is 5.39. The molecule has 0 unspecified atom stereocenters. The molecule has 2 heterocycles. The molecule has 2 rings (SSSR count). The molecule has 0 bridgehead atoms. The highest BCUT2D eigenvalue weighted by Crippen LogP contribution is 2.28. The number of thiophene rings is 1. The Kier molecular flexibility index (Phi) is 2.86. The number of hydrogen-bond acceptors (Lipinski definition) is 4. The Morgan fingerprint density at radius 2 is 2.50 bits per heavy atom. The van der Waals surface area contributed by atoms with Crippen LogP contribution in [0.1, 0.15) is 5.76 Å². The number of rotatable bonds is 3. The Morgan fingerprint density at radius 1 is 1.64 bits per heavy atom. The number of nitrogens with zero attached hydrogens (tertiary/aromatic N) is 1. The molecule has 0 saturated carbocycles. The Labute approximate surface area is 90.7 Å². The highest BCUT2D eigenvalue weighted by atomic mass is 35.5. The number of oxazole rings is 1. The van der Waals surface area contributed by atoms with E-state index >= 15 is 0 Å². The topological polar surface area (TPSA) is 38.1 Å². The summed E-state index contributed by atoms with van der Waals surface area (Å²) in [5, 5.41) is 4.92. The molecule has 5 heteroatoms. The Hall–Kier alpha value is -0.840. The maximum atomic E-state index is 5.81. The maximum Gasteiger partial charge on any atom is 0.227 e. The van der Waals surface area contributed by atoms with Crippen molar-refractivity contribution in [1.29, 1.82) is 0 Å². The van der Waals surface area contributed by atoms with Gasteiger partial charge in [-0.05, 0) is 13.1 Å². The van der Waals surface area contributed by atoms with E-state index in [0.29, 0.717) is 12.4 Å². The summed E-state index contributed by atoms with van der Waals surface area (Å²) in [4.78, 5) is 4.16. The van der Waals surface area contributed by atoms with Gasteiger partial charge < -0.3 is 9.73 Å². The standard InChI is InChI=1S/C9H9ClN2OS/c1-11-3-7-4-12-9(13-7)6-2-8(10)14-5-6/h2,4-5,11H,3H2,1H3. The summed E-state index contributed by atoms with van der Waals surface area (Å²) in [6.45, 7) is 0.685. The largest absolute Gasteiger partial charge is 0.440 e. The second-order valence-corrected chi connectivity index (χ2v) is 4.34. The fraction of sp³-hybridized carbons (Fsp3) is 0.222. The maximum absolute atomic E-state index is 5.81. The molecule has 0 amide bonds. The van der Waals surface area contributed by atoms with Crippen LogP contribution in [0.25, 0.3) is 11.5 Å². The first-order chi connectivity index (χ1) is 6.79. The predicted molar refractivity (Wildman–Crippen MR) is 57.6 cm³/mol. The van der Waals surface area contributed by atoms with Crippen LogP contribution in [0.4, 0.5) is 0 Å². The average Bonchev–Trinajstić information content (AvgIpc) is 2.74. The van der Waals surface area contributed by atoms with Crippen molar-refractivity contribution in [1.82, 2.24) is 10.3 Å². The highest BCUT2D eigenvalue weighted by molar-refractivity contribution is 7.14. The molecule has 0 atom stereocenters. The molecule has 0 fully saturated rings. The molecule has 0 aromatic carbocycles.